The Labute approximate surface area is 123 Å². The van der Waals surface area contributed by atoms with Gasteiger partial charge in [0.05, 0.1) is 27.4 Å². The molecule has 1 N–H and O–H groups in total. The Bertz CT molecular complexity index is 610. The van der Waals surface area contributed by atoms with E-state index in [2.05, 4.69) is 4.98 Å². The summed E-state index contributed by atoms with van der Waals surface area (Å²) in [5.74, 6) is 2.29. The Morgan fingerprint density at radius 2 is 1.86 bits per heavy atom. The Balaban J connectivity index is 2.36. The van der Waals surface area contributed by atoms with Gasteiger partial charge in [0.1, 0.15) is 5.82 Å². The molecule has 0 saturated carbocycles. The first kappa shape index (κ1) is 15.2. The van der Waals surface area contributed by atoms with Crippen LogP contribution in [0.15, 0.2) is 24.5 Å². The highest BCUT2D eigenvalue weighted by molar-refractivity contribution is 5.56. The van der Waals surface area contributed by atoms with E-state index in [1.807, 2.05) is 17.8 Å². The SMILES string of the molecule is COc1ccc(C(O)Cc2nccn2C)c(OC)c1OC. The summed E-state index contributed by atoms with van der Waals surface area (Å²) in [6.07, 6.45) is 3.18. The highest BCUT2D eigenvalue weighted by Gasteiger charge is 2.22. The molecule has 0 amide bonds. The van der Waals surface area contributed by atoms with Crippen molar-refractivity contribution < 1.29 is 19.3 Å². The van der Waals surface area contributed by atoms with E-state index in [1.165, 1.54) is 14.2 Å². The molecule has 2 aromatic rings. The minimum absolute atomic E-state index is 0.384. The Morgan fingerprint density at radius 3 is 2.38 bits per heavy atom. The molecule has 0 aliphatic heterocycles. The van der Waals surface area contributed by atoms with Crippen molar-refractivity contribution >= 4 is 0 Å². The van der Waals surface area contributed by atoms with E-state index in [9.17, 15) is 5.11 Å². The number of aliphatic hydroxyl groups is 1. The average Bonchev–Trinajstić information content (AvgIpc) is 2.90. The third kappa shape index (κ3) is 2.95. The summed E-state index contributed by atoms with van der Waals surface area (Å²) in [6.45, 7) is 0. The number of aryl methyl sites for hydroxylation is 1. The van der Waals surface area contributed by atoms with Gasteiger partial charge in [0.15, 0.2) is 11.5 Å². The summed E-state index contributed by atoms with van der Waals surface area (Å²) in [7, 11) is 6.52. The van der Waals surface area contributed by atoms with Crippen LogP contribution in [0.5, 0.6) is 17.2 Å². The zero-order chi connectivity index (χ0) is 15.4. The van der Waals surface area contributed by atoms with Gasteiger partial charge in [0.2, 0.25) is 5.75 Å². The zero-order valence-electron chi connectivity index (χ0n) is 12.7. The van der Waals surface area contributed by atoms with Gasteiger partial charge in [-0.15, -0.1) is 0 Å². The lowest BCUT2D eigenvalue weighted by Gasteiger charge is -2.19. The molecule has 1 aromatic carbocycles. The predicted molar refractivity (Wildman–Crippen MR) is 78.0 cm³/mol. The number of nitrogens with zero attached hydrogens (tertiary/aromatic N) is 2. The minimum atomic E-state index is -0.749. The zero-order valence-corrected chi connectivity index (χ0v) is 12.7. The van der Waals surface area contributed by atoms with Crippen molar-refractivity contribution in [3.8, 4) is 17.2 Å². The molecule has 0 saturated heterocycles. The lowest BCUT2D eigenvalue weighted by atomic mass is 10.0. The van der Waals surface area contributed by atoms with E-state index < -0.39 is 6.10 Å². The van der Waals surface area contributed by atoms with Crippen molar-refractivity contribution in [1.29, 1.82) is 0 Å². The fourth-order valence-electron chi connectivity index (χ4n) is 2.26. The maximum Gasteiger partial charge on any atom is 0.203 e. The second kappa shape index (κ2) is 6.49. The predicted octanol–water partition coefficient (Wildman–Crippen LogP) is 1.72. The highest BCUT2D eigenvalue weighted by Crippen LogP contribution is 2.42. The van der Waals surface area contributed by atoms with Gasteiger partial charge < -0.3 is 23.9 Å². The average molecular weight is 292 g/mol. The molecule has 114 valence electrons. The van der Waals surface area contributed by atoms with Crippen molar-refractivity contribution in [3.05, 3.63) is 35.9 Å². The Morgan fingerprint density at radius 1 is 1.14 bits per heavy atom. The van der Waals surface area contributed by atoms with Crippen LogP contribution in [-0.4, -0.2) is 36.0 Å². The van der Waals surface area contributed by atoms with Gasteiger partial charge in [0, 0.05) is 31.4 Å². The topological polar surface area (TPSA) is 65.7 Å². The molecule has 1 heterocycles. The number of aliphatic hydroxyl groups excluding tert-OH is 1. The van der Waals surface area contributed by atoms with Crippen LogP contribution in [0.4, 0.5) is 0 Å². The fraction of sp³-hybridized carbons (Fsp3) is 0.400. The molecule has 2 rings (SSSR count). The van der Waals surface area contributed by atoms with Crippen LogP contribution in [0.2, 0.25) is 0 Å². The summed E-state index contributed by atoms with van der Waals surface area (Å²) in [5.41, 5.74) is 0.637. The number of hydrogen-bond donors (Lipinski definition) is 1. The molecule has 1 unspecified atom stereocenters. The van der Waals surface area contributed by atoms with E-state index in [0.29, 0.717) is 29.2 Å². The molecule has 1 atom stereocenters. The first-order valence-corrected chi connectivity index (χ1v) is 6.55. The lowest BCUT2D eigenvalue weighted by molar-refractivity contribution is 0.169. The summed E-state index contributed by atoms with van der Waals surface area (Å²) in [4.78, 5) is 4.22. The molecular formula is C15H20N2O4. The third-order valence-corrected chi connectivity index (χ3v) is 3.39. The molecule has 0 fully saturated rings. The Kier molecular flexibility index (Phi) is 4.70. The van der Waals surface area contributed by atoms with Crippen LogP contribution in [0.1, 0.15) is 17.5 Å². The number of rotatable bonds is 6. The molecule has 0 spiro atoms. The van der Waals surface area contributed by atoms with Crippen molar-refractivity contribution in [1.82, 2.24) is 9.55 Å². The van der Waals surface area contributed by atoms with Crippen LogP contribution < -0.4 is 14.2 Å². The quantitative estimate of drug-likeness (QED) is 0.878. The third-order valence-electron chi connectivity index (χ3n) is 3.39. The van der Waals surface area contributed by atoms with Gasteiger partial charge in [-0.3, -0.25) is 0 Å². The van der Waals surface area contributed by atoms with E-state index in [-0.39, 0.29) is 0 Å². The van der Waals surface area contributed by atoms with Crippen molar-refractivity contribution in [2.45, 2.75) is 12.5 Å². The standard InChI is InChI=1S/C15H20N2O4/c1-17-8-7-16-13(17)9-11(18)10-5-6-12(19-2)15(21-4)14(10)20-3/h5-8,11,18H,9H2,1-4H3. The normalized spacial score (nSPS) is 12.0. The fourth-order valence-corrected chi connectivity index (χ4v) is 2.26. The number of aromatic nitrogens is 2. The number of imidazole rings is 1. The van der Waals surface area contributed by atoms with Gasteiger partial charge in [-0.2, -0.15) is 0 Å². The summed E-state index contributed by atoms with van der Waals surface area (Å²) in [6, 6.07) is 3.52. The van der Waals surface area contributed by atoms with E-state index in [0.717, 1.165) is 5.82 Å². The van der Waals surface area contributed by atoms with Crippen LogP contribution in [0, 0.1) is 0 Å². The van der Waals surface area contributed by atoms with E-state index >= 15 is 0 Å². The van der Waals surface area contributed by atoms with Crippen molar-refractivity contribution in [2.24, 2.45) is 7.05 Å². The van der Waals surface area contributed by atoms with Crippen LogP contribution in [0.3, 0.4) is 0 Å². The smallest absolute Gasteiger partial charge is 0.203 e. The molecular weight excluding hydrogens is 272 g/mol. The molecule has 0 aliphatic rings. The van der Waals surface area contributed by atoms with Crippen LogP contribution in [-0.2, 0) is 13.5 Å². The van der Waals surface area contributed by atoms with E-state index in [4.69, 9.17) is 14.2 Å². The Hall–Kier alpha value is -2.21. The summed E-state index contributed by atoms with van der Waals surface area (Å²) < 4.78 is 17.8. The summed E-state index contributed by atoms with van der Waals surface area (Å²) in [5, 5.41) is 10.5. The number of benzene rings is 1. The van der Waals surface area contributed by atoms with Gasteiger partial charge in [-0.05, 0) is 12.1 Å². The molecule has 1 aromatic heterocycles. The number of ether oxygens (including phenoxy) is 3. The van der Waals surface area contributed by atoms with Crippen LogP contribution >= 0.6 is 0 Å². The molecule has 0 aliphatic carbocycles. The molecule has 21 heavy (non-hydrogen) atoms. The van der Waals surface area contributed by atoms with Gasteiger partial charge in [-0.25, -0.2) is 4.98 Å². The first-order chi connectivity index (χ1) is 10.1. The van der Waals surface area contributed by atoms with E-state index in [1.54, 1.807) is 25.4 Å². The minimum Gasteiger partial charge on any atom is -0.493 e. The second-order valence-corrected chi connectivity index (χ2v) is 4.60. The van der Waals surface area contributed by atoms with Gasteiger partial charge in [-0.1, -0.05) is 0 Å². The maximum atomic E-state index is 10.5. The monoisotopic (exact) mass is 292 g/mol. The summed E-state index contributed by atoms with van der Waals surface area (Å²) >= 11 is 0. The molecule has 6 nitrogen and oxygen atoms in total. The van der Waals surface area contributed by atoms with Crippen molar-refractivity contribution in [2.75, 3.05) is 21.3 Å². The maximum absolute atomic E-state index is 10.5. The van der Waals surface area contributed by atoms with Crippen LogP contribution in [0.25, 0.3) is 0 Å². The van der Waals surface area contributed by atoms with Gasteiger partial charge >= 0.3 is 0 Å². The highest BCUT2D eigenvalue weighted by atomic mass is 16.5. The molecule has 6 heteroatoms. The lowest BCUT2D eigenvalue weighted by Crippen LogP contribution is -2.09. The first-order valence-electron chi connectivity index (χ1n) is 6.55. The van der Waals surface area contributed by atoms with Crippen molar-refractivity contribution in [3.63, 3.8) is 0 Å². The molecule has 0 radical (unpaired) electrons. The number of hydrogen-bond acceptors (Lipinski definition) is 5. The molecule has 0 bridgehead atoms. The second-order valence-electron chi connectivity index (χ2n) is 4.60. The number of methoxy groups -OCH3 is 3. The largest absolute Gasteiger partial charge is 0.493 e. The van der Waals surface area contributed by atoms with Gasteiger partial charge in [0.25, 0.3) is 0 Å².